The third-order valence-corrected chi connectivity index (χ3v) is 3.93. The molecule has 0 heterocycles. The number of hydrogen-bond acceptors (Lipinski definition) is 2. The average Bonchev–Trinajstić information content (AvgIpc) is 2.19. The van der Waals surface area contributed by atoms with Crippen LogP contribution in [0.3, 0.4) is 0 Å². The molecule has 0 saturated heterocycles. The largest absolute Gasteiger partial charge is 0.217 e. The van der Waals surface area contributed by atoms with Crippen molar-refractivity contribution in [3.05, 3.63) is 28.3 Å². The van der Waals surface area contributed by atoms with E-state index in [1.54, 1.807) is 12.1 Å². The number of nitriles is 1. The summed E-state index contributed by atoms with van der Waals surface area (Å²) in [6.07, 6.45) is 0. The van der Waals surface area contributed by atoms with Crippen LogP contribution in [0.2, 0.25) is 5.02 Å². The molecule has 6 heteroatoms. The lowest BCUT2D eigenvalue weighted by atomic mass is 10.1. The van der Waals surface area contributed by atoms with Gasteiger partial charge in [0.15, 0.2) is 0 Å². The van der Waals surface area contributed by atoms with E-state index in [9.17, 15) is 0 Å². The summed E-state index contributed by atoms with van der Waals surface area (Å²) in [5.74, 6) is 0.780. The van der Waals surface area contributed by atoms with Gasteiger partial charge in [-0.05, 0) is 11.8 Å². The van der Waals surface area contributed by atoms with Gasteiger partial charge in [0, 0.05) is 10.5 Å². The Bertz CT molecular complexity index is 434. The minimum atomic E-state index is -1.53. The Labute approximate surface area is 119 Å². The van der Waals surface area contributed by atoms with Gasteiger partial charge >= 0.3 is 0 Å². The highest BCUT2D eigenvalue weighted by molar-refractivity contribution is 7.99. The van der Waals surface area contributed by atoms with Gasteiger partial charge in [0.1, 0.15) is 6.07 Å². The van der Waals surface area contributed by atoms with Crippen molar-refractivity contribution in [2.45, 2.75) is 15.6 Å². The molecular weight excluding hydrogens is 308 g/mol. The van der Waals surface area contributed by atoms with E-state index in [0.29, 0.717) is 21.0 Å². The molecule has 0 amide bonds. The van der Waals surface area contributed by atoms with Crippen molar-refractivity contribution < 1.29 is 0 Å². The Morgan fingerprint density at radius 3 is 2.44 bits per heavy atom. The predicted octanol–water partition coefficient (Wildman–Crippen LogP) is 5.15. The first-order chi connectivity index (χ1) is 7.41. The van der Waals surface area contributed by atoms with Gasteiger partial charge in [-0.3, -0.25) is 0 Å². The fourth-order valence-corrected chi connectivity index (χ4v) is 3.06. The lowest BCUT2D eigenvalue weighted by Crippen LogP contribution is -2.03. The number of thioether (sulfide) groups is 1. The fraction of sp³-hybridized carbons (Fsp3) is 0.300. The number of rotatable bonds is 2. The molecule has 0 atom stereocenters. The maximum Gasteiger partial charge on any atom is 0.217 e. The van der Waals surface area contributed by atoms with Gasteiger partial charge in [-0.25, -0.2) is 0 Å². The van der Waals surface area contributed by atoms with Crippen LogP contribution in [0.1, 0.15) is 18.1 Å². The lowest BCUT2D eigenvalue weighted by Gasteiger charge is -2.17. The van der Waals surface area contributed by atoms with Gasteiger partial charge in [0.25, 0.3) is 0 Å². The van der Waals surface area contributed by atoms with Crippen molar-refractivity contribution in [2.75, 3.05) is 5.75 Å². The summed E-state index contributed by atoms with van der Waals surface area (Å²) in [7, 11) is 0. The zero-order valence-electron chi connectivity index (χ0n) is 8.23. The van der Waals surface area contributed by atoms with E-state index in [0.717, 1.165) is 5.75 Å². The molecule has 0 saturated carbocycles. The molecule has 1 rings (SSSR count). The first-order valence-corrected chi connectivity index (χ1v) is 6.84. The van der Waals surface area contributed by atoms with E-state index in [1.807, 2.05) is 13.0 Å². The van der Waals surface area contributed by atoms with Crippen LogP contribution in [0.4, 0.5) is 0 Å². The number of hydrogen-bond donors (Lipinski definition) is 0. The van der Waals surface area contributed by atoms with Crippen LogP contribution in [0.25, 0.3) is 0 Å². The Morgan fingerprint density at radius 1 is 1.38 bits per heavy atom. The normalized spacial score (nSPS) is 11.2. The second-order valence-corrected chi connectivity index (χ2v) is 6.78. The summed E-state index contributed by atoms with van der Waals surface area (Å²) in [5.41, 5.74) is 0.893. The summed E-state index contributed by atoms with van der Waals surface area (Å²) >= 11 is 25.1. The standard InChI is InChI=1S/C10H7Cl4NS/c1-2-16-9-7(10(12,13)14)4-3-6(5-15)8(9)11/h3-4H,2H2,1H3. The lowest BCUT2D eigenvalue weighted by molar-refractivity contribution is 1.15. The zero-order chi connectivity index (χ0) is 12.3. The molecule has 16 heavy (non-hydrogen) atoms. The Balaban J connectivity index is 3.42. The van der Waals surface area contributed by atoms with Gasteiger partial charge in [-0.15, -0.1) is 11.8 Å². The maximum atomic E-state index is 8.86. The van der Waals surface area contributed by atoms with Crippen molar-refractivity contribution in [3.63, 3.8) is 0 Å². The van der Waals surface area contributed by atoms with Crippen molar-refractivity contribution in [1.29, 1.82) is 5.26 Å². The molecule has 1 nitrogen and oxygen atoms in total. The predicted molar refractivity (Wildman–Crippen MR) is 71.8 cm³/mol. The van der Waals surface area contributed by atoms with Gasteiger partial charge in [0.05, 0.1) is 10.6 Å². The molecule has 0 N–H and O–H groups in total. The molecule has 0 bridgehead atoms. The summed E-state index contributed by atoms with van der Waals surface area (Å²) in [5, 5.41) is 9.21. The van der Waals surface area contributed by atoms with E-state index < -0.39 is 3.79 Å². The van der Waals surface area contributed by atoms with Gasteiger partial charge < -0.3 is 0 Å². The Morgan fingerprint density at radius 2 is 2.00 bits per heavy atom. The maximum absolute atomic E-state index is 8.86. The molecular formula is C10H7Cl4NS. The van der Waals surface area contributed by atoms with E-state index in [1.165, 1.54) is 11.8 Å². The summed E-state index contributed by atoms with van der Waals surface area (Å²) in [4.78, 5) is 0.656. The van der Waals surface area contributed by atoms with Crippen LogP contribution in [0.15, 0.2) is 17.0 Å². The Kier molecular flexibility index (Phi) is 5.10. The molecule has 0 aliphatic carbocycles. The number of halogens is 4. The van der Waals surface area contributed by atoms with E-state index in [4.69, 9.17) is 51.7 Å². The summed E-state index contributed by atoms with van der Waals surface area (Å²) < 4.78 is -1.53. The molecule has 0 radical (unpaired) electrons. The second-order valence-electron chi connectivity index (χ2n) is 2.85. The third kappa shape index (κ3) is 3.12. The van der Waals surface area contributed by atoms with Gasteiger partial charge in [-0.2, -0.15) is 5.26 Å². The summed E-state index contributed by atoms with van der Waals surface area (Å²) in [6.45, 7) is 1.96. The molecule has 0 spiro atoms. The molecule has 0 fully saturated rings. The van der Waals surface area contributed by atoms with E-state index in [-0.39, 0.29) is 0 Å². The van der Waals surface area contributed by atoms with Crippen molar-refractivity contribution in [3.8, 4) is 6.07 Å². The first-order valence-electron chi connectivity index (χ1n) is 4.34. The van der Waals surface area contributed by atoms with E-state index in [2.05, 4.69) is 0 Å². The third-order valence-electron chi connectivity index (χ3n) is 1.81. The number of benzene rings is 1. The van der Waals surface area contributed by atoms with Crippen LogP contribution in [-0.4, -0.2) is 5.75 Å². The Hall–Kier alpha value is 0.220. The fourth-order valence-electron chi connectivity index (χ4n) is 1.15. The molecule has 86 valence electrons. The topological polar surface area (TPSA) is 23.8 Å². The summed E-state index contributed by atoms with van der Waals surface area (Å²) in [6, 6.07) is 5.17. The van der Waals surface area contributed by atoms with Crippen molar-refractivity contribution in [2.24, 2.45) is 0 Å². The molecule has 0 aliphatic rings. The van der Waals surface area contributed by atoms with Gasteiger partial charge in [-0.1, -0.05) is 59.4 Å². The minimum absolute atomic E-state index is 0.346. The van der Waals surface area contributed by atoms with Crippen LogP contribution in [0.5, 0.6) is 0 Å². The number of alkyl halides is 3. The van der Waals surface area contributed by atoms with Crippen molar-refractivity contribution in [1.82, 2.24) is 0 Å². The second kappa shape index (κ2) is 5.71. The molecule has 0 aromatic heterocycles. The minimum Gasteiger partial charge on any atom is -0.192 e. The number of nitrogens with zero attached hydrogens (tertiary/aromatic N) is 1. The van der Waals surface area contributed by atoms with E-state index >= 15 is 0 Å². The highest BCUT2D eigenvalue weighted by Gasteiger charge is 2.28. The van der Waals surface area contributed by atoms with Gasteiger partial charge in [0.2, 0.25) is 3.79 Å². The molecule has 0 aliphatic heterocycles. The smallest absolute Gasteiger partial charge is 0.192 e. The van der Waals surface area contributed by atoms with Crippen LogP contribution < -0.4 is 0 Å². The molecule has 1 aromatic carbocycles. The monoisotopic (exact) mass is 313 g/mol. The highest BCUT2D eigenvalue weighted by Crippen LogP contribution is 2.46. The molecule has 1 aromatic rings. The van der Waals surface area contributed by atoms with Crippen LogP contribution in [-0.2, 0) is 3.79 Å². The molecule has 0 unspecified atom stereocenters. The average molecular weight is 315 g/mol. The SMILES string of the molecule is CCSc1c(C(Cl)(Cl)Cl)ccc(C#N)c1Cl. The van der Waals surface area contributed by atoms with Crippen LogP contribution >= 0.6 is 58.2 Å². The zero-order valence-corrected chi connectivity index (χ0v) is 12.1. The van der Waals surface area contributed by atoms with Crippen LogP contribution in [0, 0.1) is 11.3 Å². The first kappa shape index (κ1) is 14.3. The quantitative estimate of drug-likeness (QED) is 0.556. The highest BCUT2D eigenvalue weighted by atomic mass is 35.6. The van der Waals surface area contributed by atoms with Crippen molar-refractivity contribution >= 4 is 58.2 Å².